The van der Waals surface area contributed by atoms with E-state index in [4.69, 9.17) is 4.43 Å². The van der Waals surface area contributed by atoms with Gasteiger partial charge < -0.3 is 9.33 Å². The third-order valence-corrected chi connectivity index (χ3v) is 11.0. The second-order valence-electron chi connectivity index (χ2n) is 6.41. The van der Waals surface area contributed by atoms with Crippen LogP contribution in [0.25, 0.3) is 0 Å². The first-order chi connectivity index (χ1) is 12.0. The number of imide groups is 1. The van der Waals surface area contributed by atoms with Crippen LogP contribution in [0.5, 0.6) is 0 Å². The van der Waals surface area contributed by atoms with Gasteiger partial charge in [-0.25, -0.2) is 4.79 Å². The smallest absolute Gasteiger partial charge is 0.327 e. The Balaban J connectivity index is 2.30. The van der Waals surface area contributed by atoms with Crippen LogP contribution in [0, 0.1) is 0 Å². The van der Waals surface area contributed by atoms with Crippen LogP contribution in [0.4, 0.5) is 4.79 Å². The summed E-state index contributed by atoms with van der Waals surface area (Å²) in [5.41, 5.74) is 0. The number of nitrogens with zero attached hydrogens (tertiary/aromatic N) is 2. The van der Waals surface area contributed by atoms with Gasteiger partial charge in [-0.2, -0.15) is 0 Å². The van der Waals surface area contributed by atoms with Gasteiger partial charge in [-0.3, -0.25) is 9.69 Å². The van der Waals surface area contributed by atoms with Crippen molar-refractivity contribution >= 4 is 31.6 Å². The number of rotatable bonds is 8. The molecule has 0 N–H and O–H groups in total. The number of carbonyl (C=O) groups excluding carboxylic acids is 2. The number of carbonyl (C=O) groups is 2. The second kappa shape index (κ2) is 8.47. The van der Waals surface area contributed by atoms with Crippen LogP contribution in [0.15, 0.2) is 17.5 Å². The van der Waals surface area contributed by atoms with Crippen molar-refractivity contribution in [2.24, 2.45) is 0 Å². The lowest BCUT2D eigenvalue weighted by Crippen LogP contribution is -2.66. The standard InChI is InChI=1S/C18H30N2O3SSi/c1-6-19(7-2)18(22)20-15(14-12-11-13-24-14)16(17(20)21)23-25(8-3,9-4)10-5/h11-13,15-16H,6-10H2,1-5H3/t15-,16+/m1/s1. The van der Waals surface area contributed by atoms with E-state index in [0.717, 1.165) is 23.0 Å². The monoisotopic (exact) mass is 382 g/mol. The molecule has 1 aliphatic heterocycles. The third kappa shape index (κ3) is 3.68. The Morgan fingerprint density at radius 2 is 1.80 bits per heavy atom. The summed E-state index contributed by atoms with van der Waals surface area (Å²) in [6, 6.07) is 6.45. The van der Waals surface area contributed by atoms with Crippen LogP contribution in [0.1, 0.15) is 45.5 Å². The summed E-state index contributed by atoms with van der Waals surface area (Å²) in [5.74, 6) is -0.178. The fraction of sp³-hybridized carbons (Fsp3) is 0.667. The van der Waals surface area contributed by atoms with Gasteiger partial charge in [-0.15, -0.1) is 11.3 Å². The van der Waals surface area contributed by atoms with E-state index in [1.165, 1.54) is 4.90 Å². The molecule has 0 saturated carbocycles. The fourth-order valence-corrected chi connectivity index (χ4v) is 7.05. The van der Waals surface area contributed by atoms with E-state index >= 15 is 0 Å². The largest absolute Gasteiger partial charge is 0.403 e. The predicted octanol–water partition coefficient (Wildman–Crippen LogP) is 4.48. The van der Waals surface area contributed by atoms with Crippen LogP contribution >= 0.6 is 11.3 Å². The highest BCUT2D eigenvalue weighted by atomic mass is 32.1. The summed E-state index contributed by atoms with van der Waals surface area (Å²) in [6.45, 7) is 11.5. The molecule has 2 heterocycles. The first-order valence-corrected chi connectivity index (χ1v) is 12.7. The van der Waals surface area contributed by atoms with E-state index in [2.05, 4.69) is 20.8 Å². The van der Waals surface area contributed by atoms with E-state index < -0.39 is 14.4 Å². The Hall–Kier alpha value is -1.18. The number of likely N-dealkylation sites (tertiary alicyclic amines) is 1. The van der Waals surface area contributed by atoms with Crippen LogP contribution in [0.3, 0.4) is 0 Å². The molecule has 25 heavy (non-hydrogen) atoms. The Labute approximate surface area is 156 Å². The molecule has 1 aromatic rings. The van der Waals surface area contributed by atoms with Gasteiger partial charge in [-0.1, -0.05) is 26.8 Å². The molecule has 0 spiro atoms. The molecular weight excluding hydrogens is 352 g/mol. The fourth-order valence-electron chi connectivity index (χ4n) is 3.44. The minimum Gasteiger partial charge on any atom is -0.403 e. The first kappa shape index (κ1) is 20.1. The summed E-state index contributed by atoms with van der Waals surface area (Å²) < 4.78 is 6.48. The van der Waals surface area contributed by atoms with Crippen molar-refractivity contribution in [3.05, 3.63) is 22.4 Å². The molecular formula is C18H30N2O3SSi. The maximum Gasteiger partial charge on any atom is 0.327 e. The molecule has 0 radical (unpaired) electrons. The van der Waals surface area contributed by atoms with Crippen molar-refractivity contribution in [1.82, 2.24) is 9.80 Å². The molecule has 0 aliphatic carbocycles. The Morgan fingerprint density at radius 1 is 1.20 bits per heavy atom. The number of urea groups is 1. The maximum atomic E-state index is 12.9. The maximum absolute atomic E-state index is 12.9. The van der Waals surface area contributed by atoms with E-state index in [0.29, 0.717) is 13.1 Å². The average Bonchev–Trinajstić information content (AvgIpc) is 3.15. The zero-order chi connectivity index (χ0) is 18.6. The molecule has 1 aliphatic rings. The lowest BCUT2D eigenvalue weighted by Gasteiger charge is -2.49. The normalized spacial score (nSPS) is 20.5. The quantitative estimate of drug-likeness (QED) is 0.492. The van der Waals surface area contributed by atoms with Crippen molar-refractivity contribution in [2.45, 2.75) is 64.9 Å². The lowest BCUT2D eigenvalue weighted by atomic mass is 9.97. The first-order valence-electron chi connectivity index (χ1n) is 9.31. The molecule has 1 fully saturated rings. The van der Waals surface area contributed by atoms with Crippen molar-refractivity contribution in [3.8, 4) is 0 Å². The van der Waals surface area contributed by atoms with Gasteiger partial charge in [0.05, 0.1) is 0 Å². The van der Waals surface area contributed by atoms with Crippen molar-refractivity contribution in [2.75, 3.05) is 13.1 Å². The van der Waals surface area contributed by atoms with Crippen LogP contribution in [-0.4, -0.2) is 49.2 Å². The SMILES string of the molecule is CCN(CC)C(=O)N1C(=O)[C@@H](O[Si](CC)(CC)CC)[C@H]1c1cccs1. The minimum atomic E-state index is -1.92. The molecule has 0 bridgehead atoms. The van der Waals surface area contributed by atoms with Gasteiger partial charge in [-0.05, 0) is 43.4 Å². The van der Waals surface area contributed by atoms with Gasteiger partial charge in [0.2, 0.25) is 0 Å². The molecule has 0 aromatic carbocycles. The Kier molecular flexibility index (Phi) is 6.82. The minimum absolute atomic E-state index is 0.178. The highest BCUT2D eigenvalue weighted by Gasteiger charge is 2.55. The Morgan fingerprint density at radius 3 is 2.24 bits per heavy atom. The molecule has 1 saturated heterocycles. The van der Waals surface area contributed by atoms with Gasteiger partial charge >= 0.3 is 6.03 Å². The van der Waals surface area contributed by atoms with Crippen molar-refractivity contribution in [1.29, 1.82) is 0 Å². The number of β-lactam (4-membered cyclic amide) rings is 1. The number of hydrogen-bond donors (Lipinski definition) is 0. The molecule has 5 nitrogen and oxygen atoms in total. The van der Waals surface area contributed by atoms with Crippen LogP contribution < -0.4 is 0 Å². The van der Waals surface area contributed by atoms with E-state index in [-0.39, 0.29) is 18.0 Å². The van der Waals surface area contributed by atoms with Crippen LogP contribution in [-0.2, 0) is 9.22 Å². The highest BCUT2D eigenvalue weighted by molar-refractivity contribution is 7.10. The third-order valence-electron chi connectivity index (χ3n) is 5.43. The Bertz CT molecular complexity index is 577. The second-order valence-corrected chi connectivity index (χ2v) is 12.1. The molecule has 1 aromatic heterocycles. The lowest BCUT2D eigenvalue weighted by molar-refractivity contribution is -0.159. The van der Waals surface area contributed by atoms with Gasteiger partial charge in [0, 0.05) is 18.0 Å². The molecule has 0 unspecified atom stereocenters. The average molecular weight is 383 g/mol. The topological polar surface area (TPSA) is 49.9 Å². The summed E-state index contributed by atoms with van der Waals surface area (Å²) in [7, 11) is -1.92. The van der Waals surface area contributed by atoms with Gasteiger partial charge in [0.15, 0.2) is 14.4 Å². The zero-order valence-corrected chi connectivity index (χ0v) is 17.8. The van der Waals surface area contributed by atoms with E-state index in [1.54, 1.807) is 16.2 Å². The summed E-state index contributed by atoms with van der Waals surface area (Å²) in [6.07, 6.45) is -0.510. The number of amides is 3. The van der Waals surface area contributed by atoms with E-state index in [9.17, 15) is 9.59 Å². The van der Waals surface area contributed by atoms with E-state index in [1.807, 2.05) is 31.4 Å². The summed E-state index contributed by atoms with van der Waals surface area (Å²) >= 11 is 1.58. The number of thiophene rings is 1. The van der Waals surface area contributed by atoms with Crippen molar-refractivity contribution in [3.63, 3.8) is 0 Å². The highest BCUT2D eigenvalue weighted by Crippen LogP contribution is 2.42. The molecule has 140 valence electrons. The predicted molar refractivity (Wildman–Crippen MR) is 104 cm³/mol. The van der Waals surface area contributed by atoms with Gasteiger partial charge in [0.25, 0.3) is 5.91 Å². The van der Waals surface area contributed by atoms with Crippen LogP contribution in [0.2, 0.25) is 18.1 Å². The number of hydrogen-bond acceptors (Lipinski definition) is 4. The molecule has 2 atom stereocenters. The van der Waals surface area contributed by atoms with Crippen molar-refractivity contribution < 1.29 is 14.0 Å². The molecule has 2 rings (SSSR count). The molecule has 7 heteroatoms. The zero-order valence-electron chi connectivity index (χ0n) is 15.9. The summed E-state index contributed by atoms with van der Waals surface area (Å²) in [5, 5.41) is 1.99. The van der Waals surface area contributed by atoms with Gasteiger partial charge in [0.1, 0.15) is 6.04 Å². The molecule has 3 amide bonds. The summed E-state index contributed by atoms with van der Waals surface area (Å²) in [4.78, 5) is 29.8.